The number of carbonyl (C=O) groups excluding carboxylic acids is 1. The minimum atomic E-state index is -0.0271. The summed E-state index contributed by atoms with van der Waals surface area (Å²) in [5.74, 6) is 1.40. The maximum Gasteiger partial charge on any atom is 0.258 e. The predicted molar refractivity (Wildman–Crippen MR) is 120 cm³/mol. The normalized spacial score (nSPS) is 15.7. The highest BCUT2D eigenvalue weighted by molar-refractivity contribution is 6.07. The lowest BCUT2D eigenvalue weighted by Gasteiger charge is -2.36. The number of para-hydroxylation sites is 1. The summed E-state index contributed by atoms with van der Waals surface area (Å²) in [4.78, 5) is 15.3. The van der Waals surface area contributed by atoms with Crippen LogP contribution in [0, 0.1) is 0 Å². The average Bonchev–Trinajstić information content (AvgIpc) is 2.82. The van der Waals surface area contributed by atoms with Gasteiger partial charge in [-0.25, -0.2) is 0 Å². The van der Waals surface area contributed by atoms with Crippen molar-refractivity contribution in [2.24, 2.45) is 0 Å². The Hall–Kier alpha value is -3.53. The molecule has 0 saturated heterocycles. The van der Waals surface area contributed by atoms with Gasteiger partial charge in [0.1, 0.15) is 0 Å². The van der Waals surface area contributed by atoms with Crippen LogP contribution in [0.15, 0.2) is 78.9 Å². The number of hydrogen-bond donors (Lipinski definition) is 0. The van der Waals surface area contributed by atoms with Crippen molar-refractivity contribution in [3.05, 3.63) is 95.6 Å². The number of benzene rings is 3. The topological polar surface area (TPSA) is 38.8 Å². The number of nitrogens with zero attached hydrogens (tertiary/aromatic N) is 1. The molecule has 3 aromatic carbocycles. The van der Waals surface area contributed by atoms with Gasteiger partial charge < -0.3 is 14.4 Å². The van der Waals surface area contributed by atoms with Gasteiger partial charge in [0.25, 0.3) is 5.91 Å². The monoisotopic (exact) mass is 399 g/mol. The van der Waals surface area contributed by atoms with Crippen molar-refractivity contribution >= 4 is 17.7 Å². The number of ether oxygens (including phenoxy) is 2. The summed E-state index contributed by atoms with van der Waals surface area (Å²) in [7, 11) is 3.25. The number of rotatable bonds is 5. The highest BCUT2D eigenvalue weighted by Gasteiger charge is 2.30. The summed E-state index contributed by atoms with van der Waals surface area (Å²) in [6.45, 7) is 0. The summed E-state index contributed by atoms with van der Waals surface area (Å²) in [6, 6.07) is 23.4. The van der Waals surface area contributed by atoms with Crippen LogP contribution >= 0.6 is 0 Å². The fourth-order valence-corrected chi connectivity index (χ4v) is 3.91. The van der Waals surface area contributed by atoms with Crippen molar-refractivity contribution in [1.82, 2.24) is 0 Å². The number of aryl methyl sites for hydroxylation is 1. The largest absolute Gasteiger partial charge is 0.493 e. The molecule has 1 atom stereocenters. The van der Waals surface area contributed by atoms with Gasteiger partial charge in [0.15, 0.2) is 11.5 Å². The third-order valence-electron chi connectivity index (χ3n) is 5.45. The Balaban J connectivity index is 1.68. The van der Waals surface area contributed by atoms with Crippen molar-refractivity contribution in [2.75, 3.05) is 19.1 Å². The number of fused-ring (bicyclic) bond motifs is 1. The minimum Gasteiger partial charge on any atom is -0.493 e. The predicted octanol–water partition coefficient (Wildman–Crippen LogP) is 5.38. The third-order valence-corrected chi connectivity index (χ3v) is 5.45. The molecule has 1 aliphatic rings. The summed E-state index contributed by atoms with van der Waals surface area (Å²) in [5.41, 5.74) is 3.88. The van der Waals surface area contributed by atoms with Crippen molar-refractivity contribution in [3.63, 3.8) is 0 Å². The highest BCUT2D eigenvalue weighted by Crippen LogP contribution is 2.33. The number of amides is 1. The van der Waals surface area contributed by atoms with Crippen LogP contribution < -0.4 is 14.4 Å². The SMILES string of the molecule is COc1ccc(C=CC2CCc3ccccc3N2C(=O)c2ccccc2)cc1OC. The van der Waals surface area contributed by atoms with E-state index in [0.717, 1.165) is 24.1 Å². The Morgan fingerprint density at radius 1 is 0.933 bits per heavy atom. The molecular weight excluding hydrogens is 374 g/mol. The molecule has 152 valence electrons. The number of anilines is 1. The zero-order chi connectivity index (χ0) is 20.9. The first-order chi connectivity index (χ1) is 14.7. The van der Waals surface area contributed by atoms with E-state index in [1.54, 1.807) is 14.2 Å². The second-order valence-corrected chi connectivity index (χ2v) is 7.25. The molecule has 1 amide bonds. The average molecular weight is 399 g/mol. The van der Waals surface area contributed by atoms with E-state index in [0.29, 0.717) is 17.1 Å². The first-order valence-corrected chi connectivity index (χ1v) is 10.1. The molecule has 0 radical (unpaired) electrons. The Bertz CT molecular complexity index is 1060. The quantitative estimate of drug-likeness (QED) is 0.578. The van der Waals surface area contributed by atoms with Crippen LogP contribution in [0.4, 0.5) is 5.69 Å². The van der Waals surface area contributed by atoms with Gasteiger partial charge in [-0.05, 0) is 54.3 Å². The molecule has 0 spiro atoms. The molecule has 4 heteroatoms. The highest BCUT2D eigenvalue weighted by atomic mass is 16.5. The van der Waals surface area contributed by atoms with Gasteiger partial charge in [0.05, 0.1) is 20.3 Å². The zero-order valence-corrected chi connectivity index (χ0v) is 17.2. The van der Waals surface area contributed by atoms with Gasteiger partial charge in [-0.2, -0.15) is 0 Å². The van der Waals surface area contributed by atoms with Gasteiger partial charge in [-0.1, -0.05) is 54.6 Å². The Labute approximate surface area is 177 Å². The standard InChI is InChI=1S/C26H25NO3/c1-29-24-17-13-19(18-25(24)30-2)12-15-22-16-14-20-8-6-7-11-23(20)27(22)26(28)21-9-4-3-5-10-21/h3-13,15,17-18,22H,14,16H2,1-2H3. The fourth-order valence-electron chi connectivity index (χ4n) is 3.91. The second kappa shape index (κ2) is 8.87. The molecule has 0 N–H and O–H groups in total. The smallest absolute Gasteiger partial charge is 0.258 e. The van der Waals surface area contributed by atoms with Gasteiger partial charge in [0.2, 0.25) is 0 Å². The van der Waals surface area contributed by atoms with Crippen molar-refractivity contribution in [1.29, 1.82) is 0 Å². The van der Waals surface area contributed by atoms with Crippen LogP contribution in [0.3, 0.4) is 0 Å². The fraction of sp³-hybridized carbons (Fsp3) is 0.192. The van der Waals surface area contributed by atoms with E-state index in [-0.39, 0.29) is 11.9 Å². The molecule has 0 bridgehead atoms. The molecule has 4 rings (SSSR count). The van der Waals surface area contributed by atoms with Gasteiger partial charge in [-0.3, -0.25) is 4.79 Å². The first kappa shape index (κ1) is 19.8. The van der Waals surface area contributed by atoms with Crippen LogP contribution in [-0.2, 0) is 6.42 Å². The van der Waals surface area contributed by atoms with E-state index in [9.17, 15) is 4.79 Å². The molecular formula is C26H25NO3. The van der Waals surface area contributed by atoms with Crippen molar-refractivity contribution < 1.29 is 14.3 Å². The van der Waals surface area contributed by atoms with E-state index >= 15 is 0 Å². The van der Waals surface area contributed by atoms with Crippen LogP contribution in [0.1, 0.15) is 27.9 Å². The number of hydrogen-bond acceptors (Lipinski definition) is 3. The van der Waals surface area contributed by atoms with Crippen molar-refractivity contribution in [3.8, 4) is 11.5 Å². The Morgan fingerprint density at radius 2 is 1.67 bits per heavy atom. The first-order valence-electron chi connectivity index (χ1n) is 10.1. The summed E-state index contributed by atoms with van der Waals surface area (Å²) >= 11 is 0. The molecule has 1 heterocycles. The van der Waals surface area contributed by atoms with Gasteiger partial charge in [0, 0.05) is 11.3 Å². The summed E-state index contributed by atoms with van der Waals surface area (Å²) < 4.78 is 10.7. The molecule has 3 aromatic rings. The Kier molecular flexibility index (Phi) is 5.84. The molecule has 0 aliphatic carbocycles. The lowest BCUT2D eigenvalue weighted by atomic mass is 9.94. The molecule has 0 fully saturated rings. The molecule has 1 unspecified atom stereocenters. The maximum atomic E-state index is 13.4. The van der Waals surface area contributed by atoms with E-state index in [4.69, 9.17) is 9.47 Å². The number of methoxy groups -OCH3 is 2. The molecule has 30 heavy (non-hydrogen) atoms. The lowest BCUT2D eigenvalue weighted by molar-refractivity contribution is 0.0978. The van der Waals surface area contributed by atoms with Crippen molar-refractivity contribution in [2.45, 2.75) is 18.9 Å². The van der Waals surface area contributed by atoms with Crippen LogP contribution in [0.2, 0.25) is 0 Å². The lowest BCUT2D eigenvalue weighted by Crippen LogP contribution is -2.42. The van der Waals surface area contributed by atoms with Crippen LogP contribution in [0.5, 0.6) is 11.5 Å². The maximum absolute atomic E-state index is 13.4. The molecule has 4 nitrogen and oxygen atoms in total. The van der Waals surface area contributed by atoms with Gasteiger partial charge >= 0.3 is 0 Å². The summed E-state index contributed by atoms with van der Waals surface area (Å²) in [6.07, 6.45) is 5.97. The molecule has 1 aliphatic heterocycles. The van der Waals surface area contributed by atoms with E-state index in [2.05, 4.69) is 12.1 Å². The van der Waals surface area contributed by atoms with E-state index in [1.165, 1.54) is 5.56 Å². The second-order valence-electron chi connectivity index (χ2n) is 7.25. The third kappa shape index (κ3) is 3.94. The van der Waals surface area contributed by atoms with Crippen LogP contribution in [0.25, 0.3) is 6.08 Å². The van der Waals surface area contributed by atoms with Gasteiger partial charge in [-0.15, -0.1) is 0 Å². The molecule has 0 saturated carbocycles. The summed E-state index contributed by atoms with van der Waals surface area (Å²) in [5, 5.41) is 0. The number of carbonyl (C=O) groups is 1. The molecule has 0 aromatic heterocycles. The van der Waals surface area contributed by atoms with Crippen LogP contribution in [-0.4, -0.2) is 26.2 Å². The zero-order valence-electron chi connectivity index (χ0n) is 17.2. The van der Waals surface area contributed by atoms with E-state index in [1.807, 2.05) is 77.7 Å². The minimum absolute atomic E-state index is 0.0183. The van der Waals surface area contributed by atoms with E-state index < -0.39 is 0 Å². The Morgan fingerprint density at radius 3 is 2.43 bits per heavy atom.